The number of hydrogen-bond donors (Lipinski definition) is 1. The minimum atomic E-state index is 0.887. The summed E-state index contributed by atoms with van der Waals surface area (Å²) in [4.78, 5) is 4.36. The minimum absolute atomic E-state index is 0.887. The van der Waals surface area contributed by atoms with Gasteiger partial charge in [0.15, 0.2) is 0 Å². The number of rotatable bonds is 6. The van der Waals surface area contributed by atoms with Crippen molar-refractivity contribution in [2.75, 3.05) is 12.4 Å². The van der Waals surface area contributed by atoms with Crippen molar-refractivity contribution in [2.45, 2.75) is 33.2 Å². The van der Waals surface area contributed by atoms with E-state index in [0.29, 0.717) is 0 Å². The maximum atomic E-state index is 5.26. The van der Waals surface area contributed by atoms with Crippen LogP contribution >= 0.6 is 0 Å². The van der Waals surface area contributed by atoms with Crippen LogP contribution in [-0.4, -0.2) is 16.7 Å². The number of methoxy groups -OCH3 is 1. The van der Waals surface area contributed by atoms with E-state index in [4.69, 9.17) is 4.74 Å². The molecule has 1 heterocycles. The molecule has 0 saturated carbocycles. The van der Waals surface area contributed by atoms with Crippen molar-refractivity contribution >= 4 is 11.6 Å². The molecule has 19 heavy (non-hydrogen) atoms. The van der Waals surface area contributed by atoms with Gasteiger partial charge in [-0.3, -0.25) is 0 Å². The number of nitrogens with one attached hydrogen (secondary N) is 1. The second-order valence-corrected chi connectivity index (χ2v) is 4.61. The van der Waals surface area contributed by atoms with Crippen molar-refractivity contribution in [3.8, 4) is 5.75 Å². The molecular formula is C15H21N3O. The molecule has 0 amide bonds. The second kappa shape index (κ2) is 6.27. The van der Waals surface area contributed by atoms with Crippen molar-refractivity contribution in [2.24, 2.45) is 0 Å². The summed E-state index contributed by atoms with van der Waals surface area (Å²) in [6.07, 6.45) is 6.18. The van der Waals surface area contributed by atoms with Crippen LogP contribution in [0.1, 0.15) is 25.3 Å². The summed E-state index contributed by atoms with van der Waals surface area (Å²) >= 11 is 0. The largest absolute Gasteiger partial charge is 0.496 e. The van der Waals surface area contributed by atoms with E-state index >= 15 is 0 Å². The van der Waals surface area contributed by atoms with Gasteiger partial charge < -0.3 is 14.6 Å². The van der Waals surface area contributed by atoms with Crippen LogP contribution in [0.4, 0.5) is 11.6 Å². The molecular weight excluding hydrogens is 238 g/mol. The first-order valence-corrected chi connectivity index (χ1v) is 6.67. The molecule has 0 unspecified atom stereocenters. The summed E-state index contributed by atoms with van der Waals surface area (Å²) in [7, 11) is 1.69. The van der Waals surface area contributed by atoms with Crippen LogP contribution in [0, 0.1) is 6.92 Å². The smallest absolute Gasteiger partial charge is 0.207 e. The molecule has 4 heteroatoms. The van der Waals surface area contributed by atoms with Gasteiger partial charge in [0.25, 0.3) is 0 Å². The molecule has 0 saturated heterocycles. The molecule has 102 valence electrons. The highest BCUT2D eigenvalue weighted by atomic mass is 16.5. The SMILES string of the molecule is CCCCn1ccnc1Nc1ccc(OC)c(C)c1. The average molecular weight is 259 g/mol. The minimum Gasteiger partial charge on any atom is -0.496 e. The zero-order valence-corrected chi connectivity index (χ0v) is 11.8. The van der Waals surface area contributed by atoms with Gasteiger partial charge in [0, 0.05) is 24.6 Å². The van der Waals surface area contributed by atoms with Crippen LogP contribution < -0.4 is 10.1 Å². The lowest BCUT2D eigenvalue weighted by molar-refractivity contribution is 0.412. The maximum Gasteiger partial charge on any atom is 0.207 e. The van der Waals surface area contributed by atoms with Crippen molar-refractivity contribution in [1.29, 1.82) is 0 Å². The van der Waals surface area contributed by atoms with Gasteiger partial charge in [-0.15, -0.1) is 0 Å². The molecule has 2 rings (SSSR count). The third-order valence-corrected chi connectivity index (χ3v) is 3.12. The first kappa shape index (κ1) is 13.5. The van der Waals surface area contributed by atoms with Gasteiger partial charge in [-0.05, 0) is 37.1 Å². The number of nitrogens with zero attached hydrogens (tertiary/aromatic N) is 2. The van der Waals surface area contributed by atoms with E-state index in [9.17, 15) is 0 Å². The van der Waals surface area contributed by atoms with Gasteiger partial charge in [0.05, 0.1) is 7.11 Å². The number of unbranched alkanes of at least 4 members (excludes halogenated alkanes) is 1. The number of anilines is 2. The molecule has 1 N–H and O–H groups in total. The van der Waals surface area contributed by atoms with Gasteiger partial charge in [-0.2, -0.15) is 0 Å². The fourth-order valence-electron chi connectivity index (χ4n) is 2.03. The van der Waals surface area contributed by atoms with E-state index in [1.165, 1.54) is 6.42 Å². The van der Waals surface area contributed by atoms with E-state index in [0.717, 1.165) is 35.9 Å². The van der Waals surface area contributed by atoms with Crippen LogP contribution in [0.25, 0.3) is 0 Å². The van der Waals surface area contributed by atoms with E-state index < -0.39 is 0 Å². The predicted octanol–water partition coefficient (Wildman–Crippen LogP) is 3.74. The van der Waals surface area contributed by atoms with Crippen LogP contribution in [-0.2, 0) is 6.54 Å². The number of benzene rings is 1. The molecule has 0 spiro atoms. The molecule has 4 nitrogen and oxygen atoms in total. The van der Waals surface area contributed by atoms with E-state index in [1.807, 2.05) is 31.5 Å². The van der Waals surface area contributed by atoms with Crippen LogP contribution in [0.3, 0.4) is 0 Å². The molecule has 0 radical (unpaired) electrons. The van der Waals surface area contributed by atoms with E-state index in [1.54, 1.807) is 7.11 Å². The summed E-state index contributed by atoms with van der Waals surface area (Å²) in [5, 5.41) is 3.35. The average Bonchev–Trinajstić information content (AvgIpc) is 2.84. The number of aryl methyl sites for hydroxylation is 2. The van der Waals surface area contributed by atoms with Crippen LogP contribution in [0.15, 0.2) is 30.6 Å². The molecule has 0 atom stereocenters. The molecule has 1 aromatic heterocycles. The Balaban J connectivity index is 2.12. The third-order valence-electron chi connectivity index (χ3n) is 3.12. The normalized spacial score (nSPS) is 10.5. The number of imidazole rings is 1. The highest BCUT2D eigenvalue weighted by Gasteiger charge is 2.04. The first-order valence-electron chi connectivity index (χ1n) is 6.67. The van der Waals surface area contributed by atoms with Crippen molar-refractivity contribution < 1.29 is 4.74 Å². The lowest BCUT2D eigenvalue weighted by Crippen LogP contribution is -2.03. The molecule has 1 aromatic carbocycles. The quantitative estimate of drug-likeness (QED) is 0.858. The summed E-state index contributed by atoms with van der Waals surface area (Å²) < 4.78 is 7.41. The second-order valence-electron chi connectivity index (χ2n) is 4.61. The third kappa shape index (κ3) is 3.28. The van der Waals surface area contributed by atoms with Crippen molar-refractivity contribution in [3.63, 3.8) is 0 Å². The van der Waals surface area contributed by atoms with Crippen molar-refractivity contribution in [3.05, 3.63) is 36.2 Å². The van der Waals surface area contributed by atoms with Gasteiger partial charge >= 0.3 is 0 Å². The van der Waals surface area contributed by atoms with Gasteiger partial charge in [0.2, 0.25) is 5.95 Å². The van der Waals surface area contributed by atoms with E-state index in [-0.39, 0.29) is 0 Å². The van der Waals surface area contributed by atoms with Crippen LogP contribution in [0.2, 0.25) is 0 Å². The van der Waals surface area contributed by atoms with Crippen LogP contribution in [0.5, 0.6) is 5.75 Å². The summed E-state index contributed by atoms with van der Waals surface area (Å²) in [6.45, 7) is 5.22. The Morgan fingerprint density at radius 2 is 2.21 bits per heavy atom. The Labute approximate surface area is 114 Å². The van der Waals surface area contributed by atoms with Gasteiger partial charge in [-0.1, -0.05) is 13.3 Å². The van der Waals surface area contributed by atoms with Crippen molar-refractivity contribution in [1.82, 2.24) is 9.55 Å². The number of hydrogen-bond acceptors (Lipinski definition) is 3. The Morgan fingerprint density at radius 1 is 1.37 bits per heavy atom. The van der Waals surface area contributed by atoms with E-state index in [2.05, 4.69) is 27.9 Å². The Kier molecular flexibility index (Phi) is 4.44. The topological polar surface area (TPSA) is 39.1 Å². The molecule has 2 aromatic rings. The summed E-state index contributed by atoms with van der Waals surface area (Å²) in [5.74, 6) is 1.79. The predicted molar refractivity (Wildman–Crippen MR) is 78.1 cm³/mol. The first-order chi connectivity index (χ1) is 9.24. The number of ether oxygens (including phenoxy) is 1. The highest BCUT2D eigenvalue weighted by molar-refractivity contribution is 5.57. The number of aromatic nitrogens is 2. The van der Waals surface area contributed by atoms with Gasteiger partial charge in [-0.25, -0.2) is 4.98 Å². The van der Waals surface area contributed by atoms with Gasteiger partial charge in [0.1, 0.15) is 5.75 Å². The molecule has 0 bridgehead atoms. The molecule has 0 aliphatic carbocycles. The summed E-state index contributed by atoms with van der Waals surface area (Å²) in [5.41, 5.74) is 2.14. The Hall–Kier alpha value is -1.97. The maximum absolute atomic E-state index is 5.26. The Morgan fingerprint density at radius 3 is 2.89 bits per heavy atom. The fourth-order valence-corrected chi connectivity index (χ4v) is 2.03. The highest BCUT2D eigenvalue weighted by Crippen LogP contribution is 2.23. The zero-order chi connectivity index (χ0) is 13.7. The molecule has 0 aliphatic heterocycles. The standard InChI is InChI=1S/C15H21N3O/c1-4-5-9-18-10-8-16-15(18)17-13-6-7-14(19-3)12(2)11-13/h6-8,10-11H,4-5,9H2,1-3H3,(H,16,17). The fraction of sp³-hybridized carbons (Fsp3) is 0.400. The molecule has 0 aliphatic rings. The summed E-state index contributed by atoms with van der Waals surface area (Å²) in [6, 6.07) is 6.04. The molecule has 0 fully saturated rings. The Bertz CT molecular complexity index is 534. The monoisotopic (exact) mass is 259 g/mol. The lowest BCUT2D eigenvalue weighted by Gasteiger charge is -2.11. The zero-order valence-electron chi connectivity index (χ0n) is 11.8. The lowest BCUT2D eigenvalue weighted by atomic mass is 10.2.